The quantitative estimate of drug-likeness (QED) is 0.516. The van der Waals surface area contributed by atoms with Crippen molar-refractivity contribution in [2.45, 2.75) is 26.7 Å². The molecule has 2 fully saturated rings. The van der Waals surface area contributed by atoms with Crippen molar-refractivity contribution in [1.82, 2.24) is 0 Å². The third kappa shape index (κ3) is 1.05. The Morgan fingerprint density at radius 1 is 1.25 bits per heavy atom. The summed E-state index contributed by atoms with van der Waals surface area (Å²) in [5.41, 5.74) is 0. The Morgan fingerprint density at radius 2 is 2.00 bits per heavy atom. The van der Waals surface area contributed by atoms with Gasteiger partial charge in [0.05, 0.1) is 12.5 Å². The van der Waals surface area contributed by atoms with Crippen LogP contribution in [-0.4, -0.2) is 12.6 Å². The van der Waals surface area contributed by atoms with Crippen LogP contribution in [0.3, 0.4) is 0 Å². The highest BCUT2D eigenvalue weighted by Crippen LogP contribution is 2.44. The van der Waals surface area contributed by atoms with E-state index in [0.29, 0.717) is 24.4 Å². The maximum Gasteiger partial charge on any atom is 0.309 e. The van der Waals surface area contributed by atoms with Gasteiger partial charge in [-0.1, -0.05) is 13.8 Å². The second-order valence-corrected chi connectivity index (χ2v) is 4.35. The fraction of sp³-hybridized carbons (Fsp3) is 0.900. The lowest BCUT2D eigenvalue weighted by atomic mass is 9.81. The molecular weight excluding hydrogens is 152 g/mol. The van der Waals surface area contributed by atoms with Crippen LogP contribution in [0, 0.1) is 23.7 Å². The number of ether oxygens (including phenoxy) is 1. The predicted molar refractivity (Wildman–Crippen MR) is 45.5 cm³/mol. The molecule has 1 aliphatic carbocycles. The molecule has 2 aliphatic rings. The largest absolute Gasteiger partial charge is 0.465 e. The molecule has 0 aromatic heterocycles. The summed E-state index contributed by atoms with van der Waals surface area (Å²) in [4.78, 5) is 11.4. The molecule has 0 radical (unpaired) electrons. The second-order valence-electron chi connectivity index (χ2n) is 4.35. The molecule has 0 unspecified atom stereocenters. The highest BCUT2D eigenvalue weighted by atomic mass is 16.5. The first kappa shape index (κ1) is 8.09. The fourth-order valence-electron chi connectivity index (χ4n) is 2.72. The van der Waals surface area contributed by atoms with Crippen molar-refractivity contribution in [3.05, 3.63) is 0 Å². The summed E-state index contributed by atoms with van der Waals surface area (Å²) in [6.45, 7) is 5.01. The van der Waals surface area contributed by atoms with Gasteiger partial charge in [0.2, 0.25) is 0 Å². The number of esters is 1. The van der Waals surface area contributed by atoms with Crippen molar-refractivity contribution < 1.29 is 9.53 Å². The summed E-state index contributed by atoms with van der Waals surface area (Å²) in [5.74, 6) is 2.01. The molecule has 1 saturated heterocycles. The van der Waals surface area contributed by atoms with Crippen LogP contribution in [0.1, 0.15) is 26.7 Å². The summed E-state index contributed by atoms with van der Waals surface area (Å²) in [6, 6.07) is 0. The maximum atomic E-state index is 11.4. The van der Waals surface area contributed by atoms with Crippen LogP contribution < -0.4 is 0 Å². The van der Waals surface area contributed by atoms with Gasteiger partial charge in [0.25, 0.3) is 0 Å². The first-order valence-corrected chi connectivity index (χ1v) is 4.87. The van der Waals surface area contributed by atoms with Crippen molar-refractivity contribution >= 4 is 5.97 Å². The Bertz CT molecular complexity index is 200. The van der Waals surface area contributed by atoms with E-state index >= 15 is 0 Å². The smallest absolute Gasteiger partial charge is 0.309 e. The maximum absolute atomic E-state index is 11.4. The topological polar surface area (TPSA) is 26.3 Å². The van der Waals surface area contributed by atoms with Crippen molar-refractivity contribution in [2.24, 2.45) is 23.7 Å². The number of carbonyl (C=O) groups is 1. The molecule has 2 rings (SSSR count). The van der Waals surface area contributed by atoms with Crippen molar-refractivity contribution in [3.8, 4) is 0 Å². The number of hydrogen-bond acceptors (Lipinski definition) is 2. The lowest BCUT2D eigenvalue weighted by Crippen LogP contribution is -2.37. The van der Waals surface area contributed by atoms with Crippen molar-refractivity contribution in [1.29, 1.82) is 0 Å². The summed E-state index contributed by atoms with van der Waals surface area (Å²) in [6.07, 6.45) is 2.43. The molecule has 0 aromatic rings. The monoisotopic (exact) mass is 168 g/mol. The number of cyclic esters (lactones) is 1. The van der Waals surface area contributed by atoms with Crippen LogP contribution >= 0.6 is 0 Å². The van der Waals surface area contributed by atoms with Crippen LogP contribution in [0.2, 0.25) is 0 Å². The van der Waals surface area contributed by atoms with Gasteiger partial charge in [-0.2, -0.15) is 0 Å². The van der Waals surface area contributed by atoms with Crippen molar-refractivity contribution in [3.63, 3.8) is 0 Å². The van der Waals surface area contributed by atoms with Crippen LogP contribution in [-0.2, 0) is 9.53 Å². The van der Waals surface area contributed by atoms with Crippen LogP contribution in [0.5, 0.6) is 0 Å². The summed E-state index contributed by atoms with van der Waals surface area (Å²) in [5, 5.41) is 0. The molecule has 0 spiro atoms. The molecule has 12 heavy (non-hydrogen) atoms. The van der Waals surface area contributed by atoms with Crippen LogP contribution in [0.4, 0.5) is 0 Å². The van der Waals surface area contributed by atoms with Crippen molar-refractivity contribution in [2.75, 3.05) is 6.61 Å². The normalized spacial score (nSPS) is 47.0. The summed E-state index contributed by atoms with van der Waals surface area (Å²) in [7, 11) is 0. The van der Waals surface area contributed by atoms with Gasteiger partial charge < -0.3 is 4.74 Å². The van der Waals surface area contributed by atoms with Crippen LogP contribution in [0.25, 0.3) is 0 Å². The Morgan fingerprint density at radius 3 is 2.67 bits per heavy atom. The lowest BCUT2D eigenvalue weighted by molar-refractivity contribution is -0.160. The Hall–Kier alpha value is -0.530. The number of fused-ring (bicyclic) bond motifs is 1. The van der Waals surface area contributed by atoms with E-state index in [1.807, 2.05) is 0 Å². The summed E-state index contributed by atoms with van der Waals surface area (Å²) < 4.78 is 5.14. The van der Waals surface area contributed by atoms with E-state index in [9.17, 15) is 4.79 Å². The highest BCUT2D eigenvalue weighted by Gasteiger charge is 2.45. The minimum atomic E-state index is 0.0584. The Labute approximate surface area is 73.3 Å². The Balaban J connectivity index is 2.18. The molecular formula is C10H16O2. The molecule has 4 atom stereocenters. The predicted octanol–water partition coefficient (Wildman–Crippen LogP) is 1.84. The molecule has 0 aromatic carbocycles. The minimum absolute atomic E-state index is 0.0584. The number of rotatable bonds is 0. The van der Waals surface area contributed by atoms with Gasteiger partial charge in [0, 0.05) is 0 Å². The summed E-state index contributed by atoms with van der Waals surface area (Å²) >= 11 is 0. The van der Waals surface area contributed by atoms with E-state index in [0.717, 1.165) is 0 Å². The highest BCUT2D eigenvalue weighted by molar-refractivity contribution is 5.74. The minimum Gasteiger partial charge on any atom is -0.465 e. The molecule has 1 heterocycles. The zero-order chi connectivity index (χ0) is 8.72. The van der Waals surface area contributed by atoms with E-state index in [1.54, 1.807) is 0 Å². The average molecular weight is 168 g/mol. The zero-order valence-corrected chi connectivity index (χ0v) is 7.75. The van der Waals surface area contributed by atoms with Gasteiger partial charge in [-0.15, -0.1) is 0 Å². The van der Waals surface area contributed by atoms with Gasteiger partial charge in [0.1, 0.15) is 0 Å². The first-order valence-electron chi connectivity index (χ1n) is 4.87. The standard InChI is InChI=1S/C10H16O2/c1-6-3-4-8-7(2)5-12-10(11)9(6)8/h6-9H,3-5H2,1-2H3/t6-,7-,8-,9-/m1/s1. The molecule has 1 saturated carbocycles. The molecule has 0 N–H and O–H groups in total. The van der Waals surface area contributed by atoms with Gasteiger partial charge in [-0.05, 0) is 30.6 Å². The van der Waals surface area contributed by atoms with E-state index in [-0.39, 0.29) is 11.9 Å². The van der Waals surface area contributed by atoms with Gasteiger partial charge in [0.15, 0.2) is 0 Å². The lowest BCUT2D eigenvalue weighted by Gasteiger charge is -2.31. The molecule has 68 valence electrons. The molecule has 0 amide bonds. The van der Waals surface area contributed by atoms with Gasteiger partial charge >= 0.3 is 5.97 Å². The van der Waals surface area contributed by atoms with E-state index in [4.69, 9.17) is 4.74 Å². The second kappa shape index (κ2) is 2.75. The molecule has 1 aliphatic heterocycles. The van der Waals surface area contributed by atoms with Gasteiger partial charge in [-0.3, -0.25) is 4.79 Å². The SMILES string of the molecule is C[C@@H]1COC(=O)[C@H]2[C@@H]1CC[C@H]2C. The first-order chi connectivity index (χ1) is 5.70. The molecule has 2 nitrogen and oxygen atoms in total. The third-order valence-electron chi connectivity index (χ3n) is 3.52. The molecule has 2 heteroatoms. The fourth-order valence-corrected chi connectivity index (χ4v) is 2.72. The Kier molecular flexibility index (Phi) is 1.85. The number of hydrogen-bond donors (Lipinski definition) is 0. The zero-order valence-electron chi connectivity index (χ0n) is 7.75. The van der Waals surface area contributed by atoms with Crippen LogP contribution in [0.15, 0.2) is 0 Å². The van der Waals surface area contributed by atoms with E-state index in [1.165, 1.54) is 12.8 Å². The van der Waals surface area contributed by atoms with Gasteiger partial charge in [-0.25, -0.2) is 0 Å². The van der Waals surface area contributed by atoms with E-state index < -0.39 is 0 Å². The van der Waals surface area contributed by atoms with E-state index in [2.05, 4.69) is 13.8 Å². The average Bonchev–Trinajstić information content (AvgIpc) is 2.42. The third-order valence-corrected chi connectivity index (χ3v) is 3.52. The number of carbonyl (C=O) groups excluding carboxylic acids is 1. The molecule has 0 bridgehead atoms.